The van der Waals surface area contributed by atoms with Crippen LogP contribution in [0.15, 0.2) is 24.3 Å². The highest BCUT2D eigenvalue weighted by atomic mass is 16.2. The summed E-state index contributed by atoms with van der Waals surface area (Å²) in [5, 5.41) is 7.84. The van der Waals surface area contributed by atoms with E-state index in [0.29, 0.717) is 12.1 Å². The molecule has 6 heteroatoms. The van der Waals surface area contributed by atoms with Crippen molar-refractivity contribution in [1.82, 2.24) is 10.6 Å². The second-order valence-corrected chi connectivity index (χ2v) is 5.75. The molecule has 0 spiro atoms. The monoisotopic (exact) mass is 333 g/mol. The number of aryl methyl sites for hydroxylation is 1. The molecule has 132 valence electrons. The fourth-order valence-corrected chi connectivity index (χ4v) is 2.15. The molecule has 0 aliphatic rings. The maximum absolute atomic E-state index is 12.1. The molecule has 0 saturated heterocycles. The number of benzene rings is 1. The highest BCUT2D eigenvalue weighted by Gasteiger charge is 2.16. The van der Waals surface area contributed by atoms with Gasteiger partial charge in [-0.1, -0.05) is 32.4 Å². The Labute approximate surface area is 143 Å². The van der Waals surface area contributed by atoms with Crippen molar-refractivity contribution in [2.24, 2.45) is 0 Å². The average molecular weight is 333 g/mol. The minimum absolute atomic E-state index is 0.123. The van der Waals surface area contributed by atoms with E-state index < -0.39 is 6.04 Å². The van der Waals surface area contributed by atoms with Crippen LogP contribution < -0.4 is 16.0 Å². The number of hydrogen-bond acceptors (Lipinski definition) is 3. The van der Waals surface area contributed by atoms with Gasteiger partial charge in [0.2, 0.25) is 17.7 Å². The lowest BCUT2D eigenvalue weighted by molar-refractivity contribution is -0.128. The molecule has 1 atom stereocenters. The standard InChI is InChI=1S/C18H27N3O3/c1-4-6-14-8-10-15(11-9-14)21-18(24)13(3)20-17(23)12-19-16(22)7-5-2/h8-11,13H,4-7,12H2,1-3H3,(H,19,22)(H,20,23)(H,21,24). The first-order chi connectivity index (χ1) is 11.5. The number of amides is 3. The summed E-state index contributed by atoms with van der Waals surface area (Å²) in [6, 6.07) is 6.97. The first kappa shape index (κ1) is 19.7. The third kappa shape index (κ3) is 7.26. The summed E-state index contributed by atoms with van der Waals surface area (Å²) in [5.41, 5.74) is 1.91. The van der Waals surface area contributed by atoms with Crippen LogP contribution in [0.4, 0.5) is 5.69 Å². The highest BCUT2D eigenvalue weighted by molar-refractivity contribution is 5.97. The fourth-order valence-electron chi connectivity index (χ4n) is 2.15. The zero-order chi connectivity index (χ0) is 17.9. The molecule has 0 fully saturated rings. The second kappa shape index (κ2) is 10.4. The van der Waals surface area contributed by atoms with E-state index in [4.69, 9.17) is 0 Å². The topological polar surface area (TPSA) is 87.3 Å². The predicted molar refractivity (Wildman–Crippen MR) is 94.6 cm³/mol. The minimum atomic E-state index is -0.684. The lowest BCUT2D eigenvalue weighted by Gasteiger charge is -2.14. The molecule has 0 bridgehead atoms. The van der Waals surface area contributed by atoms with Crippen molar-refractivity contribution in [2.45, 2.75) is 52.5 Å². The van der Waals surface area contributed by atoms with Crippen LogP contribution in [-0.2, 0) is 20.8 Å². The molecule has 1 aromatic carbocycles. The predicted octanol–water partition coefficient (Wildman–Crippen LogP) is 2.00. The number of rotatable bonds is 9. The van der Waals surface area contributed by atoms with Gasteiger partial charge in [-0.25, -0.2) is 0 Å². The van der Waals surface area contributed by atoms with Gasteiger partial charge in [0, 0.05) is 12.1 Å². The van der Waals surface area contributed by atoms with E-state index in [2.05, 4.69) is 22.9 Å². The van der Waals surface area contributed by atoms with Gasteiger partial charge in [0.25, 0.3) is 0 Å². The van der Waals surface area contributed by atoms with Crippen LogP contribution >= 0.6 is 0 Å². The summed E-state index contributed by atoms with van der Waals surface area (Å²) in [6.45, 7) is 5.49. The summed E-state index contributed by atoms with van der Waals surface area (Å²) in [7, 11) is 0. The van der Waals surface area contributed by atoms with Gasteiger partial charge >= 0.3 is 0 Å². The van der Waals surface area contributed by atoms with Crippen molar-refractivity contribution in [3.8, 4) is 0 Å². The van der Waals surface area contributed by atoms with E-state index in [0.717, 1.165) is 19.3 Å². The van der Waals surface area contributed by atoms with Crippen LogP contribution in [0.2, 0.25) is 0 Å². The zero-order valence-corrected chi connectivity index (χ0v) is 14.6. The van der Waals surface area contributed by atoms with Crippen LogP contribution in [-0.4, -0.2) is 30.3 Å². The quantitative estimate of drug-likeness (QED) is 0.646. The van der Waals surface area contributed by atoms with Crippen LogP contribution in [0.25, 0.3) is 0 Å². The van der Waals surface area contributed by atoms with Gasteiger partial charge in [0.1, 0.15) is 6.04 Å². The summed E-state index contributed by atoms with van der Waals surface area (Å²) in [6.07, 6.45) is 3.19. The van der Waals surface area contributed by atoms with E-state index in [1.165, 1.54) is 5.56 Å². The van der Waals surface area contributed by atoms with E-state index in [-0.39, 0.29) is 24.3 Å². The van der Waals surface area contributed by atoms with E-state index in [9.17, 15) is 14.4 Å². The van der Waals surface area contributed by atoms with Crippen molar-refractivity contribution in [3.63, 3.8) is 0 Å². The Morgan fingerprint density at radius 1 is 1.00 bits per heavy atom. The Kier molecular flexibility index (Phi) is 8.54. The van der Waals surface area contributed by atoms with E-state index >= 15 is 0 Å². The Hall–Kier alpha value is -2.37. The maximum atomic E-state index is 12.1. The summed E-state index contributed by atoms with van der Waals surface area (Å²) in [4.78, 5) is 35.1. The molecule has 1 rings (SSSR count). The number of anilines is 1. The molecule has 3 amide bonds. The molecular formula is C18H27N3O3. The SMILES string of the molecule is CCCC(=O)NCC(=O)NC(C)C(=O)Nc1ccc(CCC)cc1. The van der Waals surface area contributed by atoms with Gasteiger partial charge in [-0.3, -0.25) is 14.4 Å². The molecule has 0 radical (unpaired) electrons. The van der Waals surface area contributed by atoms with Gasteiger partial charge < -0.3 is 16.0 Å². The van der Waals surface area contributed by atoms with Crippen LogP contribution in [0.1, 0.15) is 45.6 Å². The first-order valence-electron chi connectivity index (χ1n) is 8.42. The number of nitrogens with one attached hydrogen (secondary N) is 3. The Morgan fingerprint density at radius 3 is 2.25 bits per heavy atom. The smallest absolute Gasteiger partial charge is 0.246 e. The van der Waals surface area contributed by atoms with Gasteiger partial charge in [-0.2, -0.15) is 0 Å². The van der Waals surface area contributed by atoms with E-state index in [1.807, 2.05) is 31.2 Å². The molecule has 24 heavy (non-hydrogen) atoms. The highest BCUT2D eigenvalue weighted by Crippen LogP contribution is 2.11. The van der Waals surface area contributed by atoms with Crippen LogP contribution in [0, 0.1) is 0 Å². The van der Waals surface area contributed by atoms with Crippen LogP contribution in [0.3, 0.4) is 0 Å². The van der Waals surface area contributed by atoms with Gasteiger partial charge in [0.05, 0.1) is 6.54 Å². The average Bonchev–Trinajstić information content (AvgIpc) is 2.55. The molecule has 0 aromatic heterocycles. The molecule has 0 saturated carbocycles. The van der Waals surface area contributed by atoms with Crippen LogP contribution in [0.5, 0.6) is 0 Å². The molecule has 6 nitrogen and oxygen atoms in total. The Balaban J connectivity index is 2.41. The number of carbonyl (C=O) groups is 3. The maximum Gasteiger partial charge on any atom is 0.246 e. The molecule has 3 N–H and O–H groups in total. The Morgan fingerprint density at radius 2 is 1.67 bits per heavy atom. The van der Waals surface area contributed by atoms with Crippen molar-refractivity contribution in [1.29, 1.82) is 0 Å². The normalized spacial score (nSPS) is 11.5. The molecular weight excluding hydrogens is 306 g/mol. The largest absolute Gasteiger partial charge is 0.347 e. The first-order valence-corrected chi connectivity index (χ1v) is 8.42. The third-order valence-electron chi connectivity index (χ3n) is 3.45. The third-order valence-corrected chi connectivity index (χ3v) is 3.45. The van der Waals surface area contributed by atoms with Gasteiger partial charge in [0.15, 0.2) is 0 Å². The number of hydrogen-bond donors (Lipinski definition) is 3. The second-order valence-electron chi connectivity index (χ2n) is 5.75. The van der Waals surface area contributed by atoms with Crippen molar-refractivity contribution >= 4 is 23.4 Å². The molecule has 0 aliphatic heterocycles. The van der Waals surface area contributed by atoms with Crippen molar-refractivity contribution in [3.05, 3.63) is 29.8 Å². The molecule has 1 aromatic rings. The lowest BCUT2D eigenvalue weighted by atomic mass is 10.1. The molecule has 1 unspecified atom stereocenters. The minimum Gasteiger partial charge on any atom is -0.347 e. The molecule has 0 aliphatic carbocycles. The fraction of sp³-hybridized carbons (Fsp3) is 0.500. The summed E-state index contributed by atoms with van der Waals surface area (Å²) in [5.74, 6) is -0.858. The summed E-state index contributed by atoms with van der Waals surface area (Å²) < 4.78 is 0. The van der Waals surface area contributed by atoms with E-state index in [1.54, 1.807) is 6.92 Å². The van der Waals surface area contributed by atoms with Crippen molar-refractivity contribution in [2.75, 3.05) is 11.9 Å². The summed E-state index contributed by atoms with van der Waals surface area (Å²) >= 11 is 0. The lowest BCUT2D eigenvalue weighted by Crippen LogP contribution is -2.45. The zero-order valence-electron chi connectivity index (χ0n) is 14.6. The Bertz CT molecular complexity index is 555. The van der Waals surface area contributed by atoms with Gasteiger partial charge in [-0.05, 0) is 37.5 Å². The molecule has 0 heterocycles. The van der Waals surface area contributed by atoms with Gasteiger partial charge in [-0.15, -0.1) is 0 Å². The van der Waals surface area contributed by atoms with Crippen molar-refractivity contribution < 1.29 is 14.4 Å². The number of carbonyl (C=O) groups excluding carboxylic acids is 3.